The summed E-state index contributed by atoms with van der Waals surface area (Å²) in [5.74, 6) is 0. The maximum atomic E-state index is 5.24. The molecular weight excluding hydrogens is 276 g/mol. The van der Waals surface area contributed by atoms with E-state index >= 15 is 0 Å². The molecule has 0 aliphatic carbocycles. The zero-order chi connectivity index (χ0) is 13.1. The van der Waals surface area contributed by atoms with Crippen LogP contribution in [0.2, 0.25) is 0 Å². The fraction of sp³-hybridized carbons (Fsp3) is 0.0769. The van der Waals surface area contributed by atoms with Crippen LogP contribution in [-0.2, 0) is 6.54 Å². The number of hydrogen-bond acceptors (Lipinski definition) is 3. The Morgan fingerprint density at radius 1 is 1.32 bits per heavy atom. The third-order valence-corrected chi connectivity index (χ3v) is 3.62. The number of nitrogens with one attached hydrogen (secondary N) is 2. The molecular formula is C13H12N4S2. The van der Waals surface area contributed by atoms with Crippen molar-refractivity contribution in [1.29, 1.82) is 0 Å². The van der Waals surface area contributed by atoms with Gasteiger partial charge in [0.1, 0.15) is 0 Å². The first-order chi connectivity index (χ1) is 9.31. The molecule has 0 bridgehead atoms. The van der Waals surface area contributed by atoms with Gasteiger partial charge in [0, 0.05) is 23.5 Å². The summed E-state index contributed by atoms with van der Waals surface area (Å²) >= 11 is 6.86. The lowest BCUT2D eigenvalue weighted by Gasteiger charge is -2.08. The molecule has 0 saturated heterocycles. The Kier molecular flexibility index (Phi) is 3.43. The SMILES string of the molecule is S=C(NCc1cn2ccsc2n1)Nc1ccccc1. The lowest BCUT2D eigenvalue weighted by molar-refractivity contribution is 0.894. The normalized spacial score (nSPS) is 10.5. The molecule has 0 saturated carbocycles. The molecule has 3 rings (SSSR count). The number of aromatic nitrogens is 2. The number of nitrogens with zero attached hydrogens (tertiary/aromatic N) is 2. The molecule has 2 N–H and O–H groups in total. The van der Waals surface area contributed by atoms with Crippen molar-refractivity contribution in [3.63, 3.8) is 0 Å². The molecule has 0 aliphatic rings. The Hall–Kier alpha value is -1.92. The lowest BCUT2D eigenvalue weighted by atomic mass is 10.3. The number of para-hydroxylation sites is 1. The van der Waals surface area contributed by atoms with Gasteiger partial charge in [-0.25, -0.2) is 4.98 Å². The molecule has 0 atom stereocenters. The molecule has 6 heteroatoms. The van der Waals surface area contributed by atoms with Gasteiger partial charge in [0.25, 0.3) is 0 Å². The number of hydrogen-bond donors (Lipinski definition) is 2. The van der Waals surface area contributed by atoms with Gasteiger partial charge < -0.3 is 10.6 Å². The monoisotopic (exact) mass is 288 g/mol. The third kappa shape index (κ3) is 2.91. The minimum Gasteiger partial charge on any atom is -0.357 e. The predicted molar refractivity (Wildman–Crippen MR) is 82.6 cm³/mol. The molecule has 0 fully saturated rings. The van der Waals surface area contributed by atoms with E-state index in [-0.39, 0.29) is 0 Å². The van der Waals surface area contributed by atoms with Crippen LogP contribution in [0, 0.1) is 0 Å². The van der Waals surface area contributed by atoms with E-state index < -0.39 is 0 Å². The van der Waals surface area contributed by atoms with Crippen molar-refractivity contribution >= 4 is 39.3 Å². The van der Waals surface area contributed by atoms with Gasteiger partial charge in [-0.1, -0.05) is 18.2 Å². The Balaban J connectivity index is 1.57. The highest BCUT2D eigenvalue weighted by Gasteiger charge is 2.03. The van der Waals surface area contributed by atoms with Crippen molar-refractivity contribution in [3.8, 4) is 0 Å². The molecule has 2 heterocycles. The minimum absolute atomic E-state index is 0.600. The second kappa shape index (κ2) is 5.38. The van der Waals surface area contributed by atoms with Gasteiger partial charge in [-0.2, -0.15) is 0 Å². The zero-order valence-electron chi connectivity index (χ0n) is 10.0. The average molecular weight is 288 g/mol. The van der Waals surface area contributed by atoms with E-state index in [1.54, 1.807) is 11.3 Å². The molecule has 2 aromatic heterocycles. The van der Waals surface area contributed by atoms with Crippen LogP contribution in [-0.4, -0.2) is 14.5 Å². The largest absolute Gasteiger partial charge is 0.357 e. The average Bonchev–Trinajstić information content (AvgIpc) is 2.98. The van der Waals surface area contributed by atoms with Crippen molar-refractivity contribution < 1.29 is 0 Å². The smallest absolute Gasteiger partial charge is 0.193 e. The molecule has 19 heavy (non-hydrogen) atoms. The van der Waals surface area contributed by atoms with Gasteiger partial charge in [-0.15, -0.1) is 11.3 Å². The Labute approximate surface area is 120 Å². The molecule has 0 amide bonds. The van der Waals surface area contributed by atoms with Gasteiger partial charge in [0.05, 0.1) is 12.2 Å². The zero-order valence-corrected chi connectivity index (χ0v) is 11.7. The number of imidazole rings is 1. The fourth-order valence-electron chi connectivity index (χ4n) is 1.73. The summed E-state index contributed by atoms with van der Waals surface area (Å²) in [5, 5.41) is 8.89. The highest BCUT2D eigenvalue weighted by atomic mass is 32.1. The highest BCUT2D eigenvalue weighted by molar-refractivity contribution is 7.80. The van der Waals surface area contributed by atoms with Crippen LogP contribution in [0.3, 0.4) is 0 Å². The van der Waals surface area contributed by atoms with Crippen LogP contribution < -0.4 is 10.6 Å². The molecule has 0 radical (unpaired) electrons. The van der Waals surface area contributed by atoms with Crippen LogP contribution in [0.4, 0.5) is 5.69 Å². The van der Waals surface area contributed by atoms with Crippen molar-refractivity contribution in [3.05, 3.63) is 53.8 Å². The van der Waals surface area contributed by atoms with E-state index in [0.29, 0.717) is 11.7 Å². The second-order valence-electron chi connectivity index (χ2n) is 4.00. The van der Waals surface area contributed by atoms with Crippen LogP contribution in [0.5, 0.6) is 0 Å². The molecule has 0 unspecified atom stereocenters. The topological polar surface area (TPSA) is 41.4 Å². The molecule has 1 aromatic carbocycles. The molecule has 4 nitrogen and oxygen atoms in total. The van der Waals surface area contributed by atoms with Gasteiger partial charge >= 0.3 is 0 Å². The Bertz CT molecular complexity index is 658. The molecule has 0 spiro atoms. The Morgan fingerprint density at radius 3 is 2.95 bits per heavy atom. The van der Waals surface area contributed by atoms with E-state index in [9.17, 15) is 0 Å². The van der Waals surface area contributed by atoms with E-state index in [4.69, 9.17) is 12.2 Å². The summed E-state index contributed by atoms with van der Waals surface area (Å²) in [5.41, 5.74) is 1.95. The molecule has 3 aromatic rings. The summed E-state index contributed by atoms with van der Waals surface area (Å²) in [7, 11) is 0. The third-order valence-electron chi connectivity index (χ3n) is 2.60. The van der Waals surface area contributed by atoms with E-state index in [0.717, 1.165) is 16.3 Å². The first-order valence-electron chi connectivity index (χ1n) is 5.82. The number of rotatable bonds is 3. The minimum atomic E-state index is 0.600. The number of benzene rings is 1. The number of thiazole rings is 1. The van der Waals surface area contributed by atoms with Crippen LogP contribution in [0.25, 0.3) is 4.96 Å². The summed E-state index contributed by atoms with van der Waals surface area (Å²) < 4.78 is 2.01. The van der Waals surface area contributed by atoms with Crippen molar-refractivity contribution in [2.75, 3.05) is 5.32 Å². The van der Waals surface area contributed by atoms with Crippen LogP contribution >= 0.6 is 23.6 Å². The maximum Gasteiger partial charge on any atom is 0.193 e. The van der Waals surface area contributed by atoms with E-state index in [1.165, 1.54) is 0 Å². The van der Waals surface area contributed by atoms with Gasteiger partial charge in [-0.3, -0.25) is 4.40 Å². The lowest BCUT2D eigenvalue weighted by Crippen LogP contribution is -2.27. The van der Waals surface area contributed by atoms with Crippen LogP contribution in [0.1, 0.15) is 5.69 Å². The number of thiocarbonyl (C=S) groups is 1. The van der Waals surface area contributed by atoms with Crippen LogP contribution in [0.15, 0.2) is 48.1 Å². The number of anilines is 1. The van der Waals surface area contributed by atoms with Crippen molar-refractivity contribution in [1.82, 2.24) is 14.7 Å². The van der Waals surface area contributed by atoms with Gasteiger partial charge in [0.2, 0.25) is 0 Å². The van der Waals surface area contributed by atoms with Gasteiger partial charge in [-0.05, 0) is 24.4 Å². The quantitative estimate of drug-likeness (QED) is 0.727. The fourth-order valence-corrected chi connectivity index (χ4v) is 2.64. The highest BCUT2D eigenvalue weighted by Crippen LogP contribution is 2.11. The van der Waals surface area contributed by atoms with E-state index in [1.807, 2.05) is 52.5 Å². The van der Waals surface area contributed by atoms with E-state index in [2.05, 4.69) is 15.6 Å². The second-order valence-corrected chi connectivity index (χ2v) is 5.28. The standard InChI is InChI=1S/C13H12N4S2/c18-12(15-10-4-2-1-3-5-10)14-8-11-9-17-6-7-19-13(17)16-11/h1-7,9H,8H2,(H2,14,15,18). The molecule has 0 aliphatic heterocycles. The Morgan fingerprint density at radius 2 is 2.16 bits per heavy atom. The maximum absolute atomic E-state index is 5.24. The first kappa shape index (κ1) is 12.1. The summed E-state index contributed by atoms with van der Waals surface area (Å²) in [6.07, 6.45) is 4.00. The first-order valence-corrected chi connectivity index (χ1v) is 7.11. The summed E-state index contributed by atoms with van der Waals surface area (Å²) in [6, 6.07) is 9.85. The summed E-state index contributed by atoms with van der Waals surface area (Å²) in [6.45, 7) is 0.618. The van der Waals surface area contributed by atoms with Crippen molar-refractivity contribution in [2.24, 2.45) is 0 Å². The molecule has 96 valence electrons. The van der Waals surface area contributed by atoms with Gasteiger partial charge in [0.15, 0.2) is 10.1 Å². The predicted octanol–water partition coefficient (Wildman–Crippen LogP) is 2.88. The number of fused-ring (bicyclic) bond motifs is 1. The van der Waals surface area contributed by atoms with Crippen molar-refractivity contribution in [2.45, 2.75) is 6.54 Å². The summed E-state index contributed by atoms with van der Waals surface area (Å²) in [4.78, 5) is 5.48.